The van der Waals surface area contributed by atoms with Crippen molar-refractivity contribution >= 4 is 49.8 Å². The van der Waals surface area contributed by atoms with Gasteiger partial charge in [-0.1, -0.05) is 18.5 Å². The highest BCUT2D eigenvalue weighted by Gasteiger charge is 2.31. The van der Waals surface area contributed by atoms with Gasteiger partial charge in [-0.15, -0.1) is 11.3 Å². The van der Waals surface area contributed by atoms with E-state index in [4.69, 9.17) is 21.6 Å². The van der Waals surface area contributed by atoms with Gasteiger partial charge in [-0.2, -0.15) is 9.57 Å². The molecule has 1 N–H and O–H groups in total. The number of nitrogens with one attached hydrogen (secondary N) is 1. The fourth-order valence-corrected chi connectivity index (χ4v) is 6.06. The van der Waals surface area contributed by atoms with E-state index in [9.17, 15) is 18.0 Å². The zero-order valence-corrected chi connectivity index (χ0v) is 19.0. The van der Waals surface area contributed by atoms with E-state index in [1.807, 2.05) is 13.0 Å². The molecule has 31 heavy (non-hydrogen) atoms. The topological polar surface area (TPSA) is 117 Å². The number of ether oxygens (including phenoxy) is 1. The molecule has 1 aliphatic rings. The van der Waals surface area contributed by atoms with Crippen molar-refractivity contribution in [2.24, 2.45) is 5.92 Å². The SMILES string of the molecule is CC1CCCN(S(=O)(=O)c2cc(C(=O)OCC(=O)Nc3sccc3C#N)ccc2Cl)C1. The molecule has 0 saturated carbocycles. The highest BCUT2D eigenvalue weighted by molar-refractivity contribution is 7.89. The van der Waals surface area contributed by atoms with Crippen molar-refractivity contribution in [2.45, 2.75) is 24.7 Å². The van der Waals surface area contributed by atoms with Gasteiger partial charge in [-0.3, -0.25) is 4.79 Å². The Morgan fingerprint density at radius 2 is 2.16 bits per heavy atom. The molecule has 2 aromatic rings. The van der Waals surface area contributed by atoms with Gasteiger partial charge in [0.1, 0.15) is 16.0 Å². The number of sulfonamides is 1. The number of piperidine rings is 1. The van der Waals surface area contributed by atoms with Crippen LogP contribution >= 0.6 is 22.9 Å². The summed E-state index contributed by atoms with van der Waals surface area (Å²) in [6.45, 7) is 2.18. The zero-order chi connectivity index (χ0) is 22.6. The molecule has 1 saturated heterocycles. The van der Waals surface area contributed by atoms with E-state index >= 15 is 0 Å². The Morgan fingerprint density at radius 3 is 2.87 bits per heavy atom. The third kappa shape index (κ3) is 5.43. The number of anilines is 1. The lowest BCUT2D eigenvalue weighted by Gasteiger charge is -2.30. The van der Waals surface area contributed by atoms with Crippen LogP contribution in [0.1, 0.15) is 35.7 Å². The number of halogens is 1. The van der Waals surface area contributed by atoms with Crippen molar-refractivity contribution in [2.75, 3.05) is 25.0 Å². The minimum absolute atomic E-state index is 0.00856. The number of benzene rings is 1. The molecule has 0 radical (unpaired) electrons. The first-order valence-electron chi connectivity index (χ1n) is 9.46. The third-order valence-corrected chi connectivity index (χ3v) is 7.95. The van der Waals surface area contributed by atoms with Gasteiger partial charge in [-0.25, -0.2) is 13.2 Å². The maximum atomic E-state index is 13.0. The predicted molar refractivity (Wildman–Crippen MR) is 117 cm³/mol. The Hall–Kier alpha value is -2.45. The average Bonchev–Trinajstić information content (AvgIpc) is 3.19. The van der Waals surface area contributed by atoms with Crippen molar-refractivity contribution in [3.63, 3.8) is 0 Å². The number of nitrogens with zero attached hydrogens (tertiary/aromatic N) is 2. The number of nitriles is 1. The normalized spacial score (nSPS) is 17.0. The number of rotatable bonds is 6. The van der Waals surface area contributed by atoms with Crippen molar-refractivity contribution in [1.29, 1.82) is 5.26 Å². The van der Waals surface area contributed by atoms with Crippen LogP contribution in [0, 0.1) is 17.2 Å². The Morgan fingerprint density at radius 1 is 1.39 bits per heavy atom. The summed E-state index contributed by atoms with van der Waals surface area (Å²) in [4.78, 5) is 24.2. The molecule has 8 nitrogen and oxygen atoms in total. The van der Waals surface area contributed by atoms with Gasteiger partial charge in [0.25, 0.3) is 5.91 Å². The maximum Gasteiger partial charge on any atom is 0.338 e. The third-order valence-electron chi connectivity index (χ3n) is 4.78. The van der Waals surface area contributed by atoms with Crippen molar-refractivity contribution < 1.29 is 22.7 Å². The second-order valence-electron chi connectivity index (χ2n) is 7.16. The van der Waals surface area contributed by atoms with Crippen LogP contribution in [0.15, 0.2) is 34.5 Å². The van der Waals surface area contributed by atoms with Crippen LogP contribution in [0.25, 0.3) is 0 Å². The summed E-state index contributed by atoms with van der Waals surface area (Å²) in [5, 5.41) is 13.5. The van der Waals surface area contributed by atoms with E-state index < -0.39 is 28.5 Å². The molecule has 11 heteroatoms. The first kappa shape index (κ1) is 23.2. The number of hydrogen-bond acceptors (Lipinski definition) is 7. The fraction of sp³-hybridized carbons (Fsp3) is 0.350. The summed E-state index contributed by atoms with van der Waals surface area (Å²) < 4.78 is 32.4. The van der Waals surface area contributed by atoms with Gasteiger partial charge in [0, 0.05) is 13.1 Å². The largest absolute Gasteiger partial charge is 0.452 e. The predicted octanol–water partition coefficient (Wildman–Crippen LogP) is 3.49. The molecule has 1 amide bonds. The van der Waals surface area contributed by atoms with Gasteiger partial charge in [0.05, 0.1) is 16.1 Å². The summed E-state index contributed by atoms with van der Waals surface area (Å²) in [6.07, 6.45) is 1.71. The maximum absolute atomic E-state index is 13.0. The lowest BCUT2D eigenvalue weighted by molar-refractivity contribution is -0.119. The number of thiophene rings is 1. The molecule has 1 aliphatic heterocycles. The summed E-state index contributed by atoms with van der Waals surface area (Å²) in [6, 6.07) is 7.34. The highest BCUT2D eigenvalue weighted by atomic mass is 35.5. The second kappa shape index (κ2) is 9.78. The molecule has 0 spiro atoms. The lowest BCUT2D eigenvalue weighted by Crippen LogP contribution is -2.39. The van der Waals surface area contributed by atoms with E-state index in [1.54, 1.807) is 11.4 Å². The first-order chi connectivity index (χ1) is 14.7. The van der Waals surface area contributed by atoms with Crippen LogP contribution in [-0.4, -0.2) is 44.3 Å². The quantitative estimate of drug-likeness (QED) is 0.631. The van der Waals surface area contributed by atoms with Gasteiger partial charge < -0.3 is 10.1 Å². The molecule has 0 aliphatic carbocycles. The van der Waals surface area contributed by atoms with Gasteiger partial charge in [0.2, 0.25) is 10.0 Å². The molecule has 1 aromatic heterocycles. The number of esters is 1. The van der Waals surface area contributed by atoms with Gasteiger partial charge in [-0.05, 0) is 48.4 Å². The molecular formula is C20H20ClN3O5S2. The Bertz CT molecular complexity index is 1140. The highest BCUT2D eigenvalue weighted by Crippen LogP contribution is 2.29. The molecule has 1 fully saturated rings. The Kier molecular flexibility index (Phi) is 7.33. The zero-order valence-electron chi connectivity index (χ0n) is 16.6. The Labute approximate surface area is 189 Å². The molecule has 1 unspecified atom stereocenters. The number of carbonyl (C=O) groups is 2. The van der Waals surface area contributed by atoms with E-state index in [2.05, 4.69) is 5.32 Å². The standard InChI is InChI=1S/C20H20ClN3O5S2/c1-13-3-2-7-24(11-13)31(27,28)17-9-14(4-5-16(17)21)20(26)29-12-18(25)23-19-15(10-22)6-8-30-19/h4-6,8-9,13H,2-3,7,11-12H2,1H3,(H,23,25). The summed E-state index contributed by atoms with van der Waals surface area (Å²) in [7, 11) is -3.87. The van der Waals surface area contributed by atoms with Crippen LogP contribution in [-0.2, 0) is 19.6 Å². The van der Waals surface area contributed by atoms with Crippen LogP contribution in [0.2, 0.25) is 5.02 Å². The molecular weight excluding hydrogens is 462 g/mol. The minimum atomic E-state index is -3.87. The smallest absolute Gasteiger partial charge is 0.338 e. The fourth-order valence-electron chi connectivity index (χ4n) is 3.20. The van der Waals surface area contributed by atoms with Gasteiger partial charge in [0.15, 0.2) is 6.61 Å². The second-order valence-corrected chi connectivity index (χ2v) is 10.4. The number of amides is 1. The van der Waals surface area contributed by atoms with Crippen LogP contribution in [0.3, 0.4) is 0 Å². The van der Waals surface area contributed by atoms with Gasteiger partial charge >= 0.3 is 5.97 Å². The van der Waals surface area contributed by atoms with Crippen molar-refractivity contribution in [1.82, 2.24) is 4.31 Å². The monoisotopic (exact) mass is 481 g/mol. The summed E-state index contributed by atoms with van der Waals surface area (Å²) in [5.41, 5.74) is 0.277. The minimum Gasteiger partial charge on any atom is -0.452 e. The molecule has 2 heterocycles. The average molecular weight is 482 g/mol. The van der Waals surface area contributed by atoms with Crippen molar-refractivity contribution in [3.05, 3.63) is 45.8 Å². The van der Waals surface area contributed by atoms with E-state index in [-0.39, 0.29) is 21.4 Å². The van der Waals surface area contributed by atoms with E-state index in [1.165, 1.54) is 33.8 Å². The lowest BCUT2D eigenvalue weighted by atomic mass is 10.0. The van der Waals surface area contributed by atoms with E-state index in [0.717, 1.165) is 12.8 Å². The Balaban J connectivity index is 1.70. The molecule has 1 atom stereocenters. The van der Waals surface area contributed by atoms with Crippen LogP contribution < -0.4 is 5.32 Å². The van der Waals surface area contributed by atoms with Crippen molar-refractivity contribution in [3.8, 4) is 6.07 Å². The van der Waals surface area contributed by atoms with E-state index in [0.29, 0.717) is 23.7 Å². The number of hydrogen-bond donors (Lipinski definition) is 1. The molecule has 164 valence electrons. The molecule has 0 bridgehead atoms. The molecule has 3 rings (SSSR count). The molecule has 1 aromatic carbocycles. The summed E-state index contributed by atoms with van der Waals surface area (Å²) >= 11 is 7.30. The number of carbonyl (C=O) groups excluding carboxylic acids is 2. The van der Waals surface area contributed by atoms with Crippen LogP contribution in [0.5, 0.6) is 0 Å². The summed E-state index contributed by atoms with van der Waals surface area (Å²) in [5.74, 6) is -1.24. The first-order valence-corrected chi connectivity index (χ1v) is 12.2. The van der Waals surface area contributed by atoms with Crippen LogP contribution in [0.4, 0.5) is 5.00 Å².